The van der Waals surface area contributed by atoms with Crippen LogP contribution in [0.3, 0.4) is 0 Å². The molecular formula is C7H12N2O4. The molecule has 0 fully saturated rings. The predicted molar refractivity (Wildman–Crippen MR) is 43.9 cm³/mol. The van der Waals surface area contributed by atoms with E-state index in [4.69, 9.17) is 5.11 Å². The third-order valence-electron chi connectivity index (χ3n) is 1.21. The molecule has 3 N–H and O–H groups in total. The number of amides is 2. The zero-order valence-corrected chi connectivity index (χ0v) is 7.29. The van der Waals surface area contributed by atoms with Gasteiger partial charge in [-0.25, -0.2) is 4.79 Å². The number of hydrogen-bond acceptors (Lipinski definition) is 3. The fourth-order valence-corrected chi connectivity index (χ4v) is 0.651. The van der Waals surface area contributed by atoms with E-state index in [1.54, 1.807) is 6.92 Å². The van der Waals surface area contributed by atoms with Gasteiger partial charge in [0.15, 0.2) is 0 Å². The maximum atomic E-state index is 10.8. The van der Waals surface area contributed by atoms with Gasteiger partial charge in [-0.2, -0.15) is 0 Å². The quantitative estimate of drug-likeness (QED) is 0.478. The summed E-state index contributed by atoms with van der Waals surface area (Å²) in [6.07, 6.45) is 0.0901. The lowest BCUT2D eigenvalue weighted by molar-refractivity contribution is -0.150. The topological polar surface area (TPSA) is 95.5 Å². The summed E-state index contributed by atoms with van der Waals surface area (Å²) in [5.74, 6) is -2.85. The van der Waals surface area contributed by atoms with Crippen molar-refractivity contribution in [2.45, 2.75) is 13.3 Å². The van der Waals surface area contributed by atoms with E-state index in [9.17, 15) is 14.4 Å². The van der Waals surface area contributed by atoms with E-state index in [-0.39, 0.29) is 18.9 Å². The first kappa shape index (κ1) is 11.4. The molecule has 2 amide bonds. The fraction of sp³-hybridized carbons (Fsp3) is 0.571. The molecule has 0 aliphatic heterocycles. The molecule has 6 heteroatoms. The van der Waals surface area contributed by atoms with E-state index in [2.05, 4.69) is 10.6 Å². The normalized spacial score (nSPS) is 9.00. The van der Waals surface area contributed by atoms with Crippen LogP contribution in [0.1, 0.15) is 13.3 Å². The molecule has 0 radical (unpaired) electrons. The summed E-state index contributed by atoms with van der Waals surface area (Å²) in [7, 11) is 0. The third-order valence-corrected chi connectivity index (χ3v) is 1.21. The Labute approximate surface area is 75.3 Å². The van der Waals surface area contributed by atoms with Crippen LogP contribution in [-0.2, 0) is 14.4 Å². The standard InChI is InChI=1S/C7H12N2O4/c1-2-8-5(10)3-4-9-6(11)7(12)13/h2-4H2,1H3,(H,8,10)(H,9,11)(H,12,13). The number of hydrogen-bond donors (Lipinski definition) is 3. The minimum Gasteiger partial charge on any atom is -0.474 e. The summed E-state index contributed by atoms with van der Waals surface area (Å²) in [6, 6.07) is 0. The number of nitrogens with one attached hydrogen (secondary N) is 2. The number of carbonyl (C=O) groups is 3. The third kappa shape index (κ3) is 5.66. The van der Waals surface area contributed by atoms with Gasteiger partial charge in [-0.3, -0.25) is 9.59 Å². The van der Waals surface area contributed by atoms with Gasteiger partial charge in [0.2, 0.25) is 5.91 Å². The number of carboxylic acids is 1. The summed E-state index contributed by atoms with van der Waals surface area (Å²) in [5, 5.41) is 12.7. The number of aliphatic carboxylic acids is 1. The second-order valence-electron chi connectivity index (χ2n) is 2.26. The molecule has 0 atom stereocenters. The first-order valence-corrected chi connectivity index (χ1v) is 3.85. The number of carboxylic acid groups (broad SMARTS) is 1. The second-order valence-corrected chi connectivity index (χ2v) is 2.26. The molecule has 0 saturated heterocycles. The van der Waals surface area contributed by atoms with Crippen molar-refractivity contribution in [1.82, 2.24) is 10.6 Å². The van der Waals surface area contributed by atoms with Crippen LogP contribution in [-0.4, -0.2) is 36.0 Å². The molecule has 0 rings (SSSR count). The second kappa shape index (κ2) is 5.99. The fourth-order valence-electron chi connectivity index (χ4n) is 0.651. The molecule has 0 aliphatic rings. The summed E-state index contributed by atoms with van der Waals surface area (Å²) >= 11 is 0. The Kier molecular flexibility index (Phi) is 5.25. The minimum atomic E-state index is -1.55. The van der Waals surface area contributed by atoms with Crippen LogP contribution in [0.5, 0.6) is 0 Å². The average Bonchev–Trinajstić information content (AvgIpc) is 2.04. The van der Waals surface area contributed by atoms with Crippen molar-refractivity contribution in [3.05, 3.63) is 0 Å². The highest BCUT2D eigenvalue weighted by atomic mass is 16.4. The van der Waals surface area contributed by atoms with Gasteiger partial charge in [-0.05, 0) is 6.92 Å². The molecule has 0 aromatic carbocycles. The van der Waals surface area contributed by atoms with Crippen molar-refractivity contribution in [2.24, 2.45) is 0 Å². The lowest BCUT2D eigenvalue weighted by atomic mass is 10.4. The summed E-state index contributed by atoms with van der Waals surface area (Å²) in [5.41, 5.74) is 0. The smallest absolute Gasteiger partial charge is 0.394 e. The molecule has 0 aromatic rings. The van der Waals surface area contributed by atoms with Gasteiger partial charge in [0, 0.05) is 19.5 Å². The van der Waals surface area contributed by atoms with E-state index in [1.807, 2.05) is 0 Å². The van der Waals surface area contributed by atoms with Crippen LogP contribution in [0, 0.1) is 0 Å². The van der Waals surface area contributed by atoms with E-state index >= 15 is 0 Å². The molecule has 13 heavy (non-hydrogen) atoms. The molecule has 0 spiro atoms. The summed E-state index contributed by atoms with van der Waals surface area (Å²) < 4.78 is 0. The molecule has 0 saturated carbocycles. The largest absolute Gasteiger partial charge is 0.474 e. The maximum Gasteiger partial charge on any atom is 0.394 e. The van der Waals surface area contributed by atoms with E-state index in [1.165, 1.54) is 0 Å². The molecule has 0 unspecified atom stereocenters. The van der Waals surface area contributed by atoms with Crippen molar-refractivity contribution in [1.29, 1.82) is 0 Å². The zero-order chi connectivity index (χ0) is 10.3. The molecule has 0 bridgehead atoms. The highest BCUT2D eigenvalue weighted by Crippen LogP contribution is 1.77. The Morgan fingerprint density at radius 1 is 1.23 bits per heavy atom. The summed E-state index contributed by atoms with van der Waals surface area (Å²) in [6.45, 7) is 2.33. The molecule has 0 aromatic heterocycles. The van der Waals surface area contributed by atoms with Crippen molar-refractivity contribution in [3.8, 4) is 0 Å². The Morgan fingerprint density at radius 3 is 2.31 bits per heavy atom. The molecule has 0 aliphatic carbocycles. The predicted octanol–water partition coefficient (Wildman–Crippen LogP) is -1.29. The van der Waals surface area contributed by atoms with E-state index in [0.29, 0.717) is 6.54 Å². The highest BCUT2D eigenvalue weighted by Gasteiger charge is 2.09. The van der Waals surface area contributed by atoms with E-state index in [0.717, 1.165) is 0 Å². The van der Waals surface area contributed by atoms with Crippen LogP contribution < -0.4 is 10.6 Å². The van der Waals surface area contributed by atoms with Gasteiger partial charge < -0.3 is 15.7 Å². The van der Waals surface area contributed by atoms with Crippen molar-refractivity contribution < 1.29 is 19.5 Å². The van der Waals surface area contributed by atoms with Crippen molar-refractivity contribution >= 4 is 17.8 Å². The van der Waals surface area contributed by atoms with Crippen LogP contribution in [0.2, 0.25) is 0 Å². The molecule has 74 valence electrons. The van der Waals surface area contributed by atoms with Crippen LogP contribution >= 0.6 is 0 Å². The van der Waals surface area contributed by atoms with Crippen molar-refractivity contribution in [3.63, 3.8) is 0 Å². The number of rotatable bonds is 4. The lowest BCUT2D eigenvalue weighted by Gasteiger charge is -2.02. The zero-order valence-electron chi connectivity index (χ0n) is 7.29. The monoisotopic (exact) mass is 188 g/mol. The van der Waals surface area contributed by atoms with Crippen LogP contribution in [0.4, 0.5) is 0 Å². The Balaban J connectivity index is 3.50. The van der Waals surface area contributed by atoms with E-state index < -0.39 is 11.9 Å². The Hall–Kier alpha value is -1.59. The number of carbonyl (C=O) groups excluding carboxylic acids is 2. The molecule has 6 nitrogen and oxygen atoms in total. The van der Waals surface area contributed by atoms with Gasteiger partial charge in [0.25, 0.3) is 0 Å². The maximum absolute atomic E-state index is 10.8. The van der Waals surface area contributed by atoms with Crippen molar-refractivity contribution in [2.75, 3.05) is 13.1 Å². The Morgan fingerprint density at radius 2 is 1.85 bits per heavy atom. The van der Waals surface area contributed by atoms with Gasteiger partial charge in [0.1, 0.15) is 0 Å². The first-order valence-electron chi connectivity index (χ1n) is 3.85. The van der Waals surface area contributed by atoms with Gasteiger partial charge in [-0.15, -0.1) is 0 Å². The molecule has 0 heterocycles. The lowest BCUT2D eigenvalue weighted by Crippen LogP contribution is -2.34. The average molecular weight is 188 g/mol. The highest BCUT2D eigenvalue weighted by molar-refractivity contribution is 6.31. The summed E-state index contributed by atoms with van der Waals surface area (Å²) in [4.78, 5) is 31.2. The molecular weight excluding hydrogens is 176 g/mol. The Bertz CT molecular complexity index is 215. The van der Waals surface area contributed by atoms with Gasteiger partial charge in [-0.1, -0.05) is 0 Å². The first-order chi connectivity index (χ1) is 6.07. The SMILES string of the molecule is CCNC(=O)CCNC(=O)C(=O)O. The van der Waals surface area contributed by atoms with Crippen LogP contribution in [0.15, 0.2) is 0 Å². The van der Waals surface area contributed by atoms with Crippen LogP contribution in [0.25, 0.3) is 0 Å². The van der Waals surface area contributed by atoms with Gasteiger partial charge >= 0.3 is 11.9 Å². The minimum absolute atomic E-state index is 0.0387. The van der Waals surface area contributed by atoms with Gasteiger partial charge in [0.05, 0.1) is 0 Å².